The van der Waals surface area contributed by atoms with Crippen LogP contribution in [0.3, 0.4) is 0 Å². The Morgan fingerprint density at radius 3 is 2.41 bits per heavy atom. The summed E-state index contributed by atoms with van der Waals surface area (Å²) in [6, 6.07) is 11.9. The number of phenolic OH excluding ortho intramolecular Hbond substituents is 2. The van der Waals surface area contributed by atoms with Crippen LogP contribution in [-0.2, 0) is 0 Å². The van der Waals surface area contributed by atoms with Crippen molar-refractivity contribution in [2.45, 2.75) is 26.7 Å². The molecular weight excluding hydrogens is 368 g/mol. The van der Waals surface area contributed by atoms with E-state index in [4.69, 9.17) is 4.74 Å². The third-order valence-electron chi connectivity index (χ3n) is 4.92. The van der Waals surface area contributed by atoms with Crippen LogP contribution in [0.15, 0.2) is 41.2 Å². The molecule has 3 N–H and O–H groups in total. The maximum atomic E-state index is 12.6. The molecule has 148 valence electrons. The average Bonchev–Trinajstić information content (AvgIpc) is 2.67. The molecule has 3 aromatic rings. The molecule has 0 radical (unpaired) electrons. The Morgan fingerprint density at radius 2 is 1.79 bits per heavy atom. The summed E-state index contributed by atoms with van der Waals surface area (Å²) in [7, 11) is 1.43. The largest absolute Gasteiger partial charge is 0.508 e. The Balaban J connectivity index is 2.29. The lowest BCUT2D eigenvalue weighted by Gasteiger charge is -2.15. The number of nitrogens with zero attached hydrogens (tertiary/aromatic N) is 1. The minimum Gasteiger partial charge on any atom is -0.508 e. The van der Waals surface area contributed by atoms with Crippen LogP contribution in [0, 0.1) is 18.3 Å². The number of aromatic hydroxyl groups is 2. The van der Waals surface area contributed by atoms with Crippen molar-refractivity contribution in [3.63, 3.8) is 0 Å². The molecule has 0 bridgehead atoms. The van der Waals surface area contributed by atoms with Gasteiger partial charge in [-0.2, -0.15) is 5.26 Å². The molecular formula is C23H22N2O4. The topological polar surface area (TPSA) is 106 Å². The predicted molar refractivity (Wildman–Crippen MR) is 111 cm³/mol. The van der Waals surface area contributed by atoms with Gasteiger partial charge in [-0.05, 0) is 59.9 Å². The molecule has 0 aliphatic carbocycles. The van der Waals surface area contributed by atoms with Crippen LogP contribution in [0.5, 0.6) is 17.2 Å². The summed E-state index contributed by atoms with van der Waals surface area (Å²) in [5, 5.41) is 29.6. The van der Waals surface area contributed by atoms with Gasteiger partial charge in [0.05, 0.1) is 7.11 Å². The van der Waals surface area contributed by atoms with Gasteiger partial charge in [-0.3, -0.25) is 4.79 Å². The number of nitrogens with one attached hydrogen (secondary N) is 1. The number of rotatable bonds is 4. The summed E-state index contributed by atoms with van der Waals surface area (Å²) in [4.78, 5) is 15.4. The maximum Gasteiger partial charge on any atom is 0.266 e. The predicted octanol–water partition coefficient (Wildman–Crippen LogP) is 4.43. The summed E-state index contributed by atoms with van der Waals surface area (Å²) in [5.74, 6) is 0.521. The van der Waals surface area contributed by atoms with Crippen LogP contribution in [0.4, 0.5) is 0 Å². The Morgan fingerprint density at radius 1 is 1.07 bits per heavy atom. The number of hydrogen-bond donors (Lipinski definition) is 3. The van der Waals surface area contributed by atoms with E-state index in [0.717, 1.165) is 16.7 Å². The first kappa shape index (κ1) is 20.0. The van der Waals surface area contributed by atoms with Gasteiger partial charge in [0.15, 0.2) is 11.5 Å². The number of aromatic nitrogens is 1. The van der Waals surface area contributed by atoms with E-state index >= 15 is 0 Å². The van der Waals surface area contributed by atoms with Gasteiger partial charge in [-0.15, -0.1) is 0 Å². The molecule has 0 spiro atoms. The van der Waals surface area contributed by atoms with Crippen molar-refractivity contribution in [3.05, 3.63) is 63.4 Å². The van der Waals surface area contributed by atoms with Crippen LogP contribution in [0.1, 0.15) is 36.5 Å². The normalized spacial score (nSPS) is 10.8. The Kier molecular flexibility index (Phi) is 5.33. The van der Waals surface area contributed by atoms with E-state index < -0.39 is 5.56 Å². The van der Waals surface area contributed by atoms with Gasteiger partial charge in [-0.1, -0.05) is 19.9 Å². The van der Waals surface area contributed by atoms with Gasteiger partial charge in [0, 0.05) is 16.8 Å². The van der Waals surface area contributed by atoms with E-state index in [1.54, 1.807) is 24.3 Å². The number of aromatic amines is 1. The summed E-state index contributed by atoms with van der Waals surface area (Å²) in [6.07, 6.45) is 0. The molecule has 3 rings (SSSR count). The third-order valence-corrected chi connectivity index (χ3v) is 4.92. The molecule has 0 saturated heterocycles. The van der Waals surface area contributed by atoms with E-state index in [9.17, 15) is 20.3 Å². The van der Waals surface area contributed by atoms with Crippen molar-refractivity contribution >= 4 is 0 Å². The zero-order valence-electron chi connectivity index (χ0n) is 16.7. The van der Waals surface area contributed by atoms with Gasteiger partial charge in [0.1, 0.15) is 17.4 Å². The Hall–Kier alpha value is -3.72. The minimum absolute atomic E-state index is 0.0259. The van der Waals surface area contributed by atoms with Crippen LogP contribution in [0.25, 0.3) is 22.4 Å². The second-order valence-electron chi connectivity index (χ2n) is 7.18. The highest BCUT2D eigenvalue weighted by molar-refractivity contribution is 5.78. The standard InChI is InChI=1S/C23H22N2O4/c1-12(2)15-9-16(13(3)7-21(15)27)19-10-17(18(11-24)23(28)25-19)14-5-6-20(26)22(8-14)29-4/h5-10,12,26-27H,1-4H3,(H,25,28). The molecule has 0 fully saturated rings. The van der Waals surface area contributed by atoms with E-state index in [1.165, 1.54) is 13.2 Å². The van der Waals surface area contributed by atoms with Gasteiger partial charge in [-0.25, -0.2) is 0 Å². The highest BCUT2D eigenvalue weighted by atomic mass is 16.5. The zero-order chi connectivity index (χ0) is 21.3. The third kappa shape index (κ3) is 3.67. The molecule has 29 heavy (non-hydrogen) atoms. The van der Waals surface area contributed by atoms with Gasteiger partial charge < -0.3 is 19.9 Å². The molecule has 0 aliphatic heterocycles. The van der Waals surface area contributed by atoms with Crippen LogP contribution in [0.2, 0.25) is 0 Å². The summed E-state index contributed by atoms with van der Waals surface area (Å²) >= 11 is 0. The first-order chi connectivity index (χ1) is 13.8. The van der Waals surface area contributed by atoms with Crippen molar-refractivity contribution in [2.24, 2.45) is 0 Å². The zero-order valence-corrected chi connectivity index (χ0v) is 16.7. The number of benzene rings is 2. The maximum absolute atomic E-state index is 12.6. The average molecular weight is 390 g/mol. The molecule has 2 aromatic carbocycles. The van der Waals surface area contributed by atoms with E-state index in [1.807, 2.05) is 32.9 Å². The molecule has 6 nitrogen and oxygen atoms in total. The number of nitriles is 1. The summed E-state index contributed by atoms with van der Waals surface area (Å²) in [6.45, 7) is 5.80. The van der Waals surface area contributed by atoms with Crippen molar-refractivity contribution in [1.29, 1.82) is 5.26 Å². The minimum atomic E-state index is -0.509. The van der Waals surface area contributed by atoms with Crippen molar-refractivity contribution in [1.82, 2.24) is 4.98 Å². The van der Waals surface area contributed by atoms with Gasteiger partial charge in [0.25, 0.3) is 5.56 Å². The molecule has 0 unspecified atom stereocenters. The smallest absolute Gasteiger partial charge is 0.266 e. The first-order valence-corrected chi connectivity index (χ1v) is 9.15. The molecule has 0 amide bonds. The molecule has 1 heterocycles. The summed E-state index contributed by atoms with van der Waals surface area (Å²) < 4.78 is 5.15. The molecule has 0 aliphatic rings. The lowest BCUT2D eigenvalue weighted by Crippen LogP contribution is -2.13. The monoisotopic (exact) mass is 390 g/mol. The SMILES string of the molecule is COc1cc(-c2cc(-c3cc(C(C)C)c(O)cc3C)[nH]c(=O)c2C#N)ccc1O. The molecule has 0 saturated carbocycles. The number of H-pyrrole nitrogens is 1. The van der Waals surface area contributed by atoms with Crippen molar-refractivity contribution < 1.29 is 14.9 Å². The van der Waals surface area contributed by atoms with Gasteiger partial charge >= 0.3 is 0 Å². The van der Waals surface area contributed by atoms with Crippen LogP contribution >= 0.6 is 0 Å². The highest BCUT2D eigenvalue weighted by Crippen LogP contribution is 2.36. The van der Waals surface area contributed by atoms with E-state index in [2.05, 4.69) is 4.98 Å². The van der Waals surface area contributed by atoms with Crippen LogP contribution in [-0.4, -0.2) is 22.3 Å². The number of pyridine rings is 1. The Bertz CT molecular complexity index is 1190. The van der Waals surface area contributed by atoms with E-state index in [0.29, 0.717) is 16.8 Å². The number of methoxy groups -OCH3 is 1. The fourth-order valence-corrected chi connectivity index (χ4v) is 3.35. The van der Waals surface area contributed by atoms with Crippen molar-refractivity contribution in [2.75, 3.05) is 7.11 Å². The highest BCUT2D eigenvalue weighted by Gasteiger charge is 2.17. The van der Waals surface area contributed by atoms with Gasteiger partial charge in [0.2, 0.25) is 0 Å². The second kappa shape index (κ2) is 7.72. The fraction of sp³-hybridized carbons (Fsp3) is 0.217. The second-order valence-corrected chi connectivity index (χ2v) is 7.18. The molecule has 1 aromatic heterocycles. The van der Waals surface area contributed by atoms with Crippen LogP contribution < -0.4 is 10.3 Å². The summed E-state index contributed by atoms with van der Waals surface area (Å²) in [5.41, 5.74) is 3.33. The quantitative estimate of drug-likeness (QED) is 0.611. The lowest BCUT2D eigenvalue weighted by atomic mass is 9.93. The number of phenols is 2. The first-order valence-electron chi connectivity index (χ1n) is 9.15. The lowest BCUT2D eigenvalue weighted by molar-refractivity contribution is 0.373. The molecule has 6 heteroatoms. The number of hydrogen-bond acceptors (Lipinski definition) is 5. The fourth-order valence-electron chi connectivity index (χ4n) is 3.35. The number of ether oxygens (including phenoxy) is 1. The molecule has 0 atom stereocenters. The Labute approximate surface area is 168 Å². The number of aryl methyl sites for hydroxylation is 1. The van der Waals surface area contributed by atoms with Crippen molar-refractivity contribution in [3.8, 4) is 45.7 Å². The van der Waals surface area contributed by atoms with E-state index in [-0.39, 0.29) is 28.7 Å².